The Morgan fingerprint density at radius 3 is 2.76 bits per heavy atom. The van der Waals surface area contributed by atoms with Crippen LogP contribution in [0.5, 0.6) is 0 Å². The van der Waals surface area contributed by atoms with Gasteiger partial charge in [-0.25, -0.2) is 4.79 Å². The Hall–Kier alpha value is -2.63. The normalized spacial score (nSPS) is 10.2. The van der Waals surface area contributed by atoms with Gasteiger partial charge in [0.1, 0.15) is 6.54 Å². The number of rotatable bonds is 5. The molecule has 0 aliphatic rings. The van der Waals surface area contributed by atoms with Gasteiger partial charge in [-0.2, -0.15) is 4.98 Å². The number of nitrogens with one attached hydrogen (secondary N) is 1. The number of hydrogen-bond acceptors (Lipinski definition) is 4. The van der Waals surface area contributed by atoms with Gasteiger partial charge in [-0.15, -0.1) is 6.58 Å². The first-order chi connectivity index (χ1) is 10.1. The quantitative estimate of drug-likeness (QED) is 0.857. The molecule has 6 nitrogen and oxygen atoms in total. The van der Waals surface area contributed by atoms with Crippen LogP contribution in [0.2, 0.25) is 0 Å². The Bertz CT molecular complexity index is 619. The van der Waals surface area contributed by atoms with E-state index in [0.29, 0.717) is 18.3 Å². The molecule has 2 aromatic rings. The fourth-order valence-corrected chi connectivity index (χ4v) is 1.84. The summed E-state index contributed by atoms with van der Waals surface area (Å²) in [6.07, 6.45) is 1.65. The van der Waals surface area contributed by atoms with E-state index in [9.17, 15) is 4.79 Å². The largest absolute Gasteiger partial charge is 0.341 e. The average Bonchev–Trinajstić information content (AvgIpc) is 2.95. The standard InChI is InChI=1S/C15H18N4O2/c1-4-9-19(15(20)16-3)10-13-17-14(18-21-13)12-7-5-11(2)6-8-12/h4-8H,1,9-10H2,2-3H3,(H,16,20). The molecule has 0 saturated carbocycles. The fraction of sp³-hybridized carbons (Fsp3) is 0.267. The van der Waals surface area contributed by atoms with E-state index in [-0.39, 0.29) is 12.6 Å². The highest BCUT2D eigenvalue weighted by Crippen LogP contribution is 2.16. The van der Waals surface area contributed by atoms with Crippen molar-refractivity contribution < 1.29 is 9.32 Å². The van der Waals surface area contributed by atoms with Gasteiger partial charge in [0.2, 0.25) is 11.7 Å². The van der Waals surface area contributed by atoms with Crippen LogP contribution in [0.1, 0.15) is 11.5 Å². The van der Waals surface area contributed by atoms with E-state index in [1.54, 1.807) is 13.1 Å². The Balaban J connectivity index is 2.13. The predicted molar refractivity (Wildman–Crippen MR) is 79.5 cm³/mol. The molecule has 0 atom stereocenters. The Morgan fingerprint density at radius 2 is 2.14 bits per heavy atom. The zero-order valence-electron chi connectivity index (χ0n) is 12.2. The fourth-order valence-electron chi connectivity index (χ4n) is 1.84. The molecule has 2 rings (SSSR count). The lowest BCUT2D eigenvalue weighted by Gasteiger charge is -2.17. The van der Waals surface area contributed by atoms with Crippen LogP contribution in [0, 0.1) is 6.92 Å². The van der Waals surface area contributed by atoms with E-state index in [0.717, 1.165) is 5.56 Å². The maximum Gasteiger partial charge on any atom is 0.317 e. The highest BCUT2D eigenvalue weighted by atomic mass is 16.5. The number of urea groups is 1. The number of carbonyl (C=O) groups excluding carboxylic acids is 1. The van der Waals surface area contributed by atoms with Crippen molar-refractivity contribution in [3.05, 3.63) is 48.4 Å². The molecule has 0 saturated heterocycles. The van der Waals surface area contributed by atoms with Crippen LogP contribution in [0.4, 0.5) is 4.79 Å². The highest BCUT2D eigenvalue weighted by molar-refractivity contribution is 5.73. The zero-order chi connectivity index (χ0) is 15.2. The maximum atomic E-state index is 11.7. The summed E-state index contributed by atoms with van der Waals surface area (Å²) in [4.78, 5) is 17.5. The molecule has 0 fully saturated rings. The Morgan fingerprint density at radius 1 is 1.43 bits per heavy atom. The van der Waals surface area contributed by atoms with E-state index < -0.39 is 0 Å². The minimum atomic E-state index is -0.218. The van der Waals surface area contributed by atoms with Crippen LogP contribution in [-0.2, 0) is 6.54 Å². The number of hydrogen-bond donors (Lipinski definition) is 1. The molecule has 1 N–H and O–H groups in total. The van der Waals surface area contributed by atoms with Crippen LogP contribution in [0.3, 0.4) is 0 Å². The first-order valence-corrected chi connectivity index (χ1v) is 6.61. The van der Waals surface area contributed by atoms with Gasteiger partial charge < -0.3 is 14.7 Å². The van der Waals surface area contributed by atoms with Crippen molar-refractivity contribution in [1.82, 2.24) is 20.4 Å². The summed E-state index contributed by atoms with van der Waals surface area (Å²) in [5.41, 5.74) is 2.05. The number of aryl methyl sites for hydroxylation is 1. The van der Waals surface area contributed by atoms with E-state index in [4.69, 9.17) is 4.52 Å². The first-order valence-electron chi connectivity index (χ1n) is 6.61. The SMILES string of the molecule is C=CCN(Cc1nc(-c2ccc(C)cc2)no1)C(=O)NC. The lowest BCUT2D eigenvalue weighted by molar-refractivity contribution is 0.195. The number of benzene rings is 1. The molecular weight excluding hydrogens is 268 g/mol. The van der Waals surface area contributed by atoms with Gasteiger partial charge in [0.25, 0.3) is 0 Å². The third kappa shape index (κ3) is 3.68. The van der Waals surface area contributed by atoms with E-state index in [1.807, 2.05) is 31.2 Å². The van der Waals surface area contributed by atoms with Gasteiger partial charge in [-0.05, 0) is 6.92 Å². The second-order valence-corrected chi connectivity index (χ2v) is 4.60. The van der Waals surface area contributed by atoms with Gasteiger partial charge >= 0.3 is 6.03 Å². The number of amides is 2. The zero-order valence-corrected chi connectivity index (χ0v) is 12.2. The summed E-state index contributed by atoms with van der Waals surface area (Å²) < 4.78 is 5.20. The second kappa shape index (κ2) is 6.69. The number of aromatic nitrogens is 2. The molecule has 0 spiro atoms. The van der Waals surface area contributed by atoms with Crippen molar-refractivity contribution in [2.75, 3.05) is 13.6 Å². The molecule has 0 radical (unpaired) electrons. The topological polar surface area (TPSA) is 71.3 Å². The van der Waals surface area contributed by atoms with Crippen LogP contribution in [0.25, 0.3) is 11.4 Å². The summed E-state index contributed by atoms with van der Waals surface area (Å²) in [6.45, 7) is 6.29. The molecule has 0 aliphatic carbocycles. The Labute approximate surface area is 123 Å². The number of nitrogens with zero attached hydrogens (tertiary/aromatic N) is 3. The van der Waals surface area contributed by atoms with Gasteiger partial charge in [0.05, 0.1) is 0 Å². The van der Waals surface area contributed by atoms with E-state index in [2.05, 4.69) is 22.0 Å². The average molecular weight is 286 g/mol. The van der Waals surface area contributed by atoms with Crippen LogP contribution >= 0.6 is 0 Å². The summed E-state index contributed by atoms with van der Waals surface area (Å²) >= 11 is 0. The smallest absolute Gasteiger partial charge is 0.317 e. The molecule has 0 aliphatic heterocycles. The van der Waals surface area contributed by atoms with Gasteiger partial charge in [0.15, 0.2) is 0 Å². The van der Waals surface area contributed by atoms with Crippen molar-refractivity contribution in [2.45, 2.75) is 13.5 Å². The lowest BCUT2D eigenvalue weighted by atomic mass is 10.1. The molecule has 1 aromatic heterocycles. The first kappa shape index (κ1) is 14.8. The third-order valence-electron chi connectivity index (χ3n) is 2.95. The molecule has 110 valence electrons. The maximum absolute atomic E-state index is 11.7. The van der Waals surface area contributed by atoms with Crippen LogP contribution < -0.4 is 5.32 Å². The monoisotopic (exact) mass is 286 g/mol. The minimum Gasteiger partial charge on any atom is -0.341 e. The minimum absolute atomic E-state index is 0.218. The molecule has 6 heteroatoms. The summed E-state index contributed by atoms with van der Waals surface area (Å²) in [7, 11) is 1.57. The molecule has 0 unspecified atom stereocenters. The third-order valence-corrected chi connectivity index (χ3v) is 2.95. The molecule has 1 heterocycles. The van der Waals surface area contributed by atoms with Crippen LogP contribution in [-0.4, -0.2) is 34.7 Å². The second-order valence-electron chi connectivity index (χ2n) is 4.60. The molecule has 21 heavy (non-hydrogen) atoms. The van der Waals surface area contributed by atoms with E-state index in [1.165, 1.54) is 10.5 Å². The highest BCUT2D eigenvalue weighted by Gasteiger charge is 2.15. The molecule has 1 aromatic carbocycles. The van der Waals surface area contributed by atoms with Crippen molar-refractivity contribution in [1.29, 1.82) is 0 Å². The van der Waals surface area contributed by atoms with Gasteiger partial charge in [0, 0.05) is 19.2 Å². The summed E-state index contributed by atoms with van der Waals surface area (Å²) in [6, 6.07) is 7.62. The van der Waals surface area contributed by atoms with Crippen molar-refractivity contribution in [3.63, 3.8) is 0 Å². The van der Waals surface area contributed by atoms with Gasteiger partial charge in [-0.3, -0.25) is 0 Å². The molecule has 2 amide bonds. The Kier molecular flexibility index (Phi) is 4.71. The predicted octanol–water partition coefficient (Wildman–Crippen LogP) is 2.37. The molecular formula is C15H18N4O2. The van der Waals surface area contributed by atoms with Crippen LogP contribution in [0.15, 0.2) is 41.4 Å². The van der Waals surface area contributed by atoms with Crippen molar-refractivity contribution >= 4 is 6.03 Å². The van der Waals surface area contributed by atoms with Crippen molar-refractivity contribution in [3.8, 4) is 11.4 Å². The summed E-state index contributed by atoms with van der Waals surface area (Å²) in [5.74, 6) is 0.900. The number of carbonyl (C=O) groups is 1. The van der Waals surface area contributed by atoms with Crippen molar-refractivity contribution in [2.24, 2.45) is 0 Å². The lowest BCUT2D eigenvalue weighted by Crippen LogP contribution is -2.37. The molecule has 0 bridgehead atoms. The summed E-state index contributed by atoms with van der Waals surface area (Å²) in [5, 5.41) is 6.51. The van der Waals surface area contributed by atoms with E-state index >= 15 is 0 Å². The van der Waals surface area contributed by atoms with Gasteiger partial charge in [-0.1, -0.05) is 41.1 Å².